The summed E-state index contributed by atoms with van der Waals surface area (Å²) in [7, 11) is 0. The van der Waals surface area contributed by atoms with Crippen LogP contribution in [0.4, 0.5) is 0 Å². The monoisotopic (exact) mass is 378 g/mol. The molecule has 0 unspecified atom stereocenters. The van der Waals surface area contributed by atoms with Gasteiger partial charge in [0.1, 0.15) is 17.2 Å². The van der Waals surface area contributed by atoms with Crippen LogP contribution in [0.2, 0.25) is 0 Å². The molecule has 0 spiro atoms. The van der Waals surface area contributed by atoms with Gasteiger partial charge in [0, 0.05) is 12.1 Å². The molecule has 2 amide bonds. The molecular weight excluding hydrogens is 356 g/mol. The van der Waals surface area contributed by atoms with Crippen molar-refractivity contribution >= 4 is 17.9 Å². The Bertz CT molecular complexity index is 871. The third-order valence-electron chi connectivity index (χ3n) is 3.59. The zero-order valence-corrected chi connectivity index (χ0v) is 15.4. The van der Waals surface area contributed by atoms with E-state index in [2.05, 4.69) is 23.8 Å². The Morgan fingerprint density at radius 1 is 1.07 bits per heavy atom. The summed E-state index contributed by atoms with van der Waals surface area (Å²) in [5, 5.41) is 14.1. The first-order chi connectivity index (χ1) is 13.5. The minimum absolute atomic E-state index is 0.0615. The third kappa shape index (κ3) is 6.26. The molecule has 0 aliphatic heterocycles. The van der Waals surface area contributed by atoms with Gasteiger partial charge in [0.05, 0.1) is 6.61 Å². The number of ether oxygens (including phenoxy) is 1. The highest BCUT2D eigenvalue weighted by Gasteiger charge is 2.14. The van der Waals surface area contributed by atoms with Gasteiger partial charge < -0.3 is 20.5 Å². The lowest BCUT2D eigenvalue weighted by Crippen LogP contribution is -2.36. The van der Waals surface area contributed by atoms with Gasteiger partial charge >= 0.3 is 0 Å². The Morgan fingerprint density at radius 2 is 1.75 bits per heavy atom. The van der Waals surface area contributed by atoms with Gasteiger partial charge in [-0.1, -0.05) is 43.5 Å². The summed E-state index contributed by atoms with van der Waals surface area (Å²) >= 11 is 0. The first-order valence-electron chi connectivity index (χ1n) is 8.60. The van der Waals surface area contributed by atoms with Crippen molar-refractivity contribution in [1.82, 2.24) is 10.6 Å². The molecule has 28 heavy (non-hydrogen) atoms. The van der Waals surface area contributed by atoms with Crippen LogP contribution in [0.15, 0.2) is 85.3 Å². The maximum absolute atomic E-state index is 12.4. The van der Waals surface area contributed by atoms with Gasteiger partial charge in [0.15, 0.2) is 0 Å². The van der Waals surface area contributed by atoms with Gasteiger partial charge in [-0.25, -0.2) is 0 Å². The van der Waals surface area contributed by atoms with Gasteiger partial charge in [-0.2, -0.15) is 0 Å². The highest BCUT2D eigenvalue weighted by molar-refractivity contribution is 6.05. The Morgan fingerprint density at radius 3 is 2.36 bits per heavy atom. The van der Waals surface area contributed by atoms with Crippen molar-refractivity contribution in [2.24, 2.45) is 0 Å². The second-order valence-electron chi connectivity index (χ2n) is 5.70. The molecule has 6 nitrogen and oxygen atoms in total. The molecule has 0 heterocycles. The summed E-state index contributed by atoms with van der Waals surface area (Å²) in [6.45, 7) is 7.13. The lowest BCUT2D eigenvalue weighted by atomic mass is 10.1. The van der Waals surface area contributed by atoms with E-state index in [4.69, 9.17) is 9.84 Å². The molecule has 3 N–H and O–H groups in total. The number of aliphatic hydroxyl groups is 1. The van der Waals surface area contributed by atoms with Crippen LogP contribution in [0.25, 0.3) is 6.08 Å². The number of amides is 2. The number of carbonyl (C=O) groups excluding carboxylic acids is 2. The smallest absolute Gasteiger partial charge is 0.267 e. The molecule has 0 aliphatic carbocycles. The zero-order valence-electron chi connectivity index (χ0n) is 15.4. The standard InChI is InChI=1S/C22H22N2O4/c1-3-16(2)28-19-11-9-17(10-12-19)15-20(22(27)23-13-14-25)24-21(26)18-7-5-4-6-8-18/h3-12,15,25H,1-2,13-14H2,(H,23,27)(H,24,26)/b20-15-. The van der Waals surface area contributed by atoms with Crippen molar-refractivity contribution < 1.29 is 19.4 Å². The molecule has 0 radical (unpaired) electrons. The van der Waals surface area contributed by atoms with Crippen LogP contribution in [0.1, 0.15) is 15.9 Å². The second kappa shape index (κ2) is 10.5. The Balaban J connectivity index is 2.22. The molecule has 0 aromatic heterocycles. The van der Waals surface area contributed by atoms with Gasteiger partial charge in [-0.3, -0.25) is 9.59 Å². The van der Waals surface area contributed by atoms with Gasteiger partial charge in [-0.15, -0.1) is 0 Å². The topological polar surface area (TPSA) is 87.7 Å². The summed E-state index contributed by atoms with van der Waals surface area (Å²) in [4.78, 5) is 24.8. The second-order valence-corrected chi connectivity index (χ2v) is 5.70. The normalized spacial score (nSPS) is 10.7. The Labute approximate surface area is 163 Å². The SMILES string of the molecule is C=CC(=C)Oc1ccc(/C=C(\NC(=O)c2ccccc2)C(=O)NCCO)cc1. The minimum atomic E-state index is -0.501. The predicted octanol–water partition coefficient (Wildman–Crippen LogP) is 2.64. The number of allylic oxidation sites excluding steroid dienone is 1. The third-order valence-corrected chi connectivity index (χ3v) is 3.59. The first kappa shape index (κ1) is 20.7. The van der Waals surface area contributed by atoms with Crippen LogP contribution < -0.4 is 15.4 Å². The van der Waals surface area contributed by atoms with E-state index in [0.717, 1.165) is 0 Å². The fraction of sp³-hybridized carbons (Fsp3) is 0.0909. The Kier molecular flexibility index (Phi) is 7.75. The molecular formula is C22H22N2O4. The van der Waals surface area contributed by atoms with Crippen LogP contribution in [0.5, 0.6) is 5.75 Å². The van der Waals surface area contributed by atoms with Crippen molar-refractivity contribution in [2.75, 3.05) is 13.2 Å². The lowest BCUT2D eigenvalue weighted by Gasteiger charge is -2.11. The van der Waals surface area contributed by atoms with Crippen molar-refractivity contribution in [3.05, 3.63) is 96.4 Å². The van der Waals surface area contributed by atoms with Gasteiger partial charge in [0.2, 0.25) is 0 Å². The molecule has 144 valence electrons. The number of rotatable bonds is 9. The van der Waals surface area contributed by atoms with E-state index >= 15 is 0 Å². The van der Waals surface area contributed by atoms with Crippen molar-refractivity contribution in [1.29, 1.82) is 0 Å². The molecule has 0 aliphatic rings. The average Bonchev–Trinajstić information content (AvgIpc) is 2.73. The van der Waals surface area contributed by atoms with Crippen LogP contribution in [-0.2, 0) is 4.79 Å². The van der Waals surface area contributed by atoms with Crippen molar-refractivity contribution in [3.8, 4) is 5.75 Å². The van der Waals surface area contributed by atoms with Crippen LogP contribution >= 0.6 is 0 Å². The predicted molar refractivity (Wildman–Crippen MR) is 108 cm³/mol. The number of hydrogen-bond donors (Lipinski definition) is 3. The molecule has 2 rings (SSSR count). The maximum atomic E-state index is 12.4. The lowest BCUT2D eigenvalue weighted by molar-refractivity contribution is -0.117. The molecule has 6 heteroatoms. The fourth-order valence-corrected chi connectivity index (χ4v) is 2.20. The van der Waals surface area contributed by atoms with E-state index in [1.807, 2.05) is 0 Å². The zero-order chi connectivity index (χ0) is 20.4. The largest absolute Gasteiger partial charge is 0.458 e. The maximum Gasteiger partial charge on any atom is 0.267 e. The van der Waals surface area contributed by atoms with Gasteiger partial charge in [-0.05, 0) is 42.0 Å². The summed E-state index contributed by atoms with van der Waals surface area (Å²) in [5.74, 6) is 0.0797. The minimum Gasteiger partial charge on any atom is -0.458 e. The van der Waals surface area contributed by atoms with E-state index < -0.39 is 11.8 Å². The summed E-state index contributed by atoms with van der Waals surface area (Å²) < 4.78 is 5.44. The highest BCUT2D eigenvalue weighted by atomic mass is 16.5. The number of hydrogen-bond acceptors (Lipinski definition) is 4. The number of aliphatic hydroxyl groups excluding tert-OH is 1. The van der Waals surface area contributed by atoms with Crippen LogP contribution in [0.3, 0.4) is 0 Å². The average molecular weight is 378 g/mol. The molecule has 0 saturated carbocycles. The van der Waals surface area contributed by atoms with E-state index in [1.54, 1.807) is 60.7 Å². The van der Waals surface area contributed by atoms with E-state index in [-0.39, 0.29) is 18.8 Å². The fourth-order valence-electron chi connectivity index (χ4n) is 2.20. The molecule has 2 aromatic rings. The molecule has 0 fully saturated rings. The summed E-state index contributed by atoms with van der Waals surface area (Å²) in [6, 6.07) is 15.5. The highest BCUT2D eigenvalue weighted by Crippen LogP contribution is 2.16. The molecule has 0 saturated heterocycles. The van der Waals surface area contributed by atoms with E-state index in [1.165, 1.54) is 6.08 Å². The summed E-state index contributed by atoms with van der Waals surface area (Å²) in [6.07, 6.45) is 3.04. The number of nitrogens with one attached hydrogen (secondary N) is 2. The summed E-state index contributed by atoms with van der Waals surface area (Å²) in [5.41, 5.74) is 1.17. The van der Waals surface area contributed by atoms with Crippen molar-refractivity contribution in [3.63, 3.8) is 0 Å². The molecule has 0 atom stereocenters. The van der Waals surface area contributed by atoms with E-state index in [9.17, 15) is 9.59 Å². The first-order valence-corrected chi connectivity index (χ1v) is 8.60. The van der Waals surface area contributed by atoms with E-state index in [0.29, 0.717) is 22.6 Å². The molecule has 2 aromatic carbocycles. The molecule has 0 bridgehead atoms. The van der Waals surface area contributed by atoms with Gasteiger partial charge in [0.25, 0.3) is 11.8 Å². The number of benzene rings is 2. The van der Waals surface area contributed by atoms with Crippen molar-refractivity contribution in [2.45, 2.75) is 0 Å². The number of carbonyl (C=O) groups is 2. The Hall–Kier alpha value is -3.64. The van der Waals surface area contributed by atoms with Crippen LogP contribution in [0, 0.1) is 0 Å². The van der Waals surface area contributed by atoms with Crippen LogP contribution in [-0.4, -0.2) is 30.1 Å². The quantitative estimate of drug-likeness (QED) is 0.356.